The zero-order valence-corrected chi connectivity index (χ0v) is 14.0. The molecule has 2 aromatic carbocycles. The van der Waals surface area contributed by atoms with Gasteiger partial charge < -0.3 is 15.1 Å². The predicted octanol–water partition coefficient (Wildman–Crippen LogP) is 2.66. The highest BCUT2D eigenvalue weighted by Gasteiger charge is 2.26. The van der Waals surface area contributed by atoms with Crippen molar-refractivity contribution in [2.75, 3.05) is 13.1 Å². The fourth-order valence-electron chi connectivity index (χ4n) is 3.36. The van der Waals surface area contributed by atoms with E-state index in [0.29, 0.717) is 24.6 Å². The van der Waals surface area contributed by atoms with Crippen LogP contribution in [0.3, 0.4) is 0 Å². The molecule has 1 atom stereocenters. The van der Waals surface area contributed by atoms with Crippen LogP contribution in [0.15, 0.2) is 42.5 Å². The number of nitrogens with zero attached hydrogens (tertiary/aromatic N) is 1. The third-order valence-electron chi connectivity index (χ3n) is 4.70. The topological polar surface area (TPSA) is 60.8 Å². The lowest BCUT2D eigenvalue weighted by atomic mass is 9.97. The second-order valence-corrected chi connectivity index (χ2v) is 6.64. The minimum absolute atomic E-state index is 0.0169. The lowest BCUT2D eigenvalue weighted by molar-refractivity contribution is -0.129. The molecule has 1 heterocycles. The molecule has 1 amide bonds. The van der Waals surface area contributed by atoms with Crippen LogP contribution in [0.5, 0.6) is 5.75 Å². The Bertz CT molecular complexity index is 762. The molecule has 132 valence electrons. The van der Waals surface area contributed by atoms with Gasteiger partial charge in [0.05, 0.1) is 13.0 Å². The maximum absolute atomic E-state index is 13.4. The first-order valence-corrected chi connectivity index (χ1v) is 8.49. The van der Waals surface area contributed by atoms with Gasteiger partial charge in [0.1, 0.15) is 0 Å². The number of phenols is 1. The van der Waals surface area contributed by atoms with Gasteiger partial charge in [-0.05, 0) is 47.6 Å². The number of amides is 1. The number of carbonyl (C=O) groups excluding carboxylic acids is 1. The zero-order valence-electron chi connectivity index (χ0n) is 14.0. The molecule has 3 rings (SSSR count). The van der Waals surface area contributed by atoms with Crippen LogP contribution in [-0.2, 0) is 24.2 Å². The number of hydrogen-bond acceptors (Lipinski definition) is 3. The molecular weight excluding hydrogens is 321 g/mol. The number of benzene rings is 2. The van der Waals surface area contributed by atoms with Crippen molar-refractivity contribution in [2.24, 2.45) is 5.92 Å². The van der Waals surface area contributed by atoms with Crippen molar-refractivity contribution in [3.63, 3.8) is 0 Å². The molecule has 0 saturated carbocycles. The van der Waals surface area contributed by atoms with Crippen LogP contribution in [0.25, 0.3) is 0 Å². The monoisotopic (exact) mass is 343 g/mol. The fraction of sp³-hybridized carbons (Fsp3) is 0.350. The molecule has 25 heavy (non-hydrogen) atoms. The zero-order chi connectivity index (χ0) is 17.8. The number of rotatable bonds is 5. The lowest BCUT2D eigenvalue weighted by Crippen LogP contribution is -2.30. The number of halogens is 1. The van der Waals surface area contributed by atoms with Crippen LogP contribution in [0.4, 0.5) is 4.39 Å². The first kappa shape index (κ1) is 17.4. The fourth-order valence-corrected chi connectivity index (χ4v) is 3.36. The summed E-state index contributed by atoms with van der Waals surface area (Å²) in [6.45, 7) is 1.44. The summed E-state index contributed by atoms with van der Waals surface area (Å²) in [5.41, 5.74) is 2.64. The van der Waals surface area contributed by atoms with Crippen molar-refractivity contribution in [3.8, 4) is 5.75 Å². The van der Waals surface area contributed by atoms with Gasteiger partial charge in [-0.25, -0.2) is 4.39 Å². The molecule has 0 aliphatic carbocycles. The first-order valence-electron chi connectivity index (χ1n) is 8.49. The molecule has 0 aromatic heterocycles. The highest BCUT2D eigenvalue weighted by molar-refractivity contribution is 5.79. The maximum atomic E-state index is 13.4. The highest BCUT2D eigenvalue weighted by atomic mass is 19.1. The highest BCUT2D eigenvalue weighted by Crippen LogP contribution is 2.23. The van der Waals surface area contributed by atoms with Gasteiger partial charge >= 0.3 is 0 Å². The van der Waals surface area contributed by atoms with Crippen molar-refractivity contribution in [1.29, 1.82) is 0 Å². The molecule has 0 bridgehead atoms. The molecule has 1 aliphatic heterocycles. The third kappa shape index (κ3) is 4.37. The molecule has 0 unspecified atom stereocenters. The van der Waals surface area contributed by atoms with Gasteiger partial charge in [-0.15, -0.1) is 0 Å². The van der Waals surface area contributed by atoms with Gasteiger partial charge in [-0.2, -0.15) is 0 Å². The van der Waals surface area contributed by atoms with E-state index in [2.05, 4.69) is 0 Å². The molecule has 0 radical (unpaired) electrons. The molecule has 5 heteroatoms. The van der Waals surface area contributed by atoms with E-state index in [9.17, 15) is 19.4 Å². The van der Waals surface area contributed by atoms with Crippen molar-refractivity contribution in [3.05, 3.63) is 65.0 Å². The van der Waals surface area contributed by atoms with E-state index in [-0.39, 0.29) is 18.9 Å². The van der Waals surface area contributed by atoms with Gasteiger partial charge in [0.25, 0.3) is 0 Å². The number of phenolic OH excluding ortho intramolecular Hbond substituents is 1. The van der Waals surface area contributed by atoms with E-state index in [4.69, 9.17) is 0 Å². The van der Waals surface area contributed by atoms with Crippen molar-refractivity contribution < 1.29 is 19.4 Å². The Hall–Kier alpha value is -2.40. The SMILES string of the molecule is O=C(Cc1ccc(O)c(F)c1)N1CC[C@@H](Cc2cccc(CO)c2)C1. The molecule has 4 nitrogen and oxygen atoms in total. The van der Waals surface area contributed by atoms with Gasteiger partial charge in [0.15, 0.2) is 11.6 Å². The standard InChI is InChI=1S/C20H22FNO3/c21-18-10-15(4-5-19(18)24)11-20(25)22-7-6-16(12-22)8-14-2-1-3-17(9-14)13-23/h1-5,9-10,16,23-24H,6-8,11-13H2/t16-/m0/s1. The van der Waals surface area contributed by atoms with Crippen LogP contribution in [0.1, 0.15) is 23.1 Å². The Balaban J connectivity index is 1.56. The average molecular weight is 343 g/mol. The van der Waals surface area contributed by atoms with Crippen molar-refractivity contribution in [1.82, 2.24) is 4.90 Å². The first-order chi connectivity index (χ1) is 12.0. The summed E-state index contributed by atoms with van der Waals surface area (Å²) in [7, 11) is 0. The lowest BCUT2D eigenvalue weighted by Gasteiger charge is -2.17. The molecular formula is C20H22FNO3. The second-order valence-electron chi connectivity index (χ2n) is 6.64. The average Bonchev–Trinajstić information content (AvgIpc) is 3.07. The number of aromatic hydroxyl groups is 1. The minimum atomic E-state index is -0.701. The molecule has 1 fully saturated rings. The van der Waals surface area contributed by atoms with Crippen molar-refractivity contribution in [2.45, 2.75) is 25.9 Å². The summed E-state index contributed by atoms with van der Waals surface area (Å²) in [6.07, 6.45) is 1.97. The van der Waals surface area contributed by atoms with Gasteiger partial charge in [0.2, 0.25) is 5.91 Å². The smallest absolute Gasteiger partial charge is 0.227 e. The summed E-state index contributed by atoms with van der Waals surface area (Å²) < 4.78 is 13.4. The largest absolute Gasteiger partial charge is 0.505 e. The summed E-state index contributed by atoms with van der Waals surface area (Å²) in [4.78, 5) is 14.2. The van der Waals surface area contributed by atoms with Crippen LogP contribution in [0.2, 0.25) is 0 Å². The summed E-state index contributed by atoms with van der Waals surface area (Å²) in [5, 5.41) is 18.4. The maximum Gasteiger partial charge on any atom is 0.227 e. The van der Waals surface area contributed by atoms with Crippen LogP contribution in [-0.4, -0.2) is 34.1 Å². The molecule has 2 aromatic rings. The second kappa shape index (κ2) is 7.66. The number of aliphatic hydroxyl groups excluding tert-OH is 1. The number of hydrogen-bond donors (Lipinski definition) is 2. The molecule has 2 N–H and O–H groups in total. The Morgan fingerprint density at radius 3 is 2.72 bits per heavy atom. The van der Waals surface area contributed by atoms with Crippen LogP contribution < -0.4 is 0 Å². The number of carbonyl (C=O) groups is 1. The summed E-state index contributed by atoms with van der Waals surface area (Å²) in [6, 6.07) is 11.9. The Morgan fingerprint density at radius 1 is 1.16 bits per heavy atom. The quantitative estimate of drug-likeness (QED) is 0.877. The number of aliphatic hydroxyl groups is 1. The van der Waals surface area contributed by atoms with Gasteiger partial charge in [-0.3, -0.25) is 4.79 Å². The van der Waals surface area contributed by atoms with E-state index in [0.717, 1.165) is 18.4 Å². The normalized spacial score (nSPS) is 17.0. The summed E-state index contributed by atoms with van der Waals surface area (Å²) >= 11 is 0. The Labute approximate surface area is 146 Å². The minimum Gasteiger partial charge on any atom is -0.505 e. The molecule has 0 spiro atoms. The van der Waals surface area contributed by atoms with Gasteiger partial charge in [0, 0.05) is 13.1 Å². The van der Waals surface area contributed by atoms with E-state index in [1.54, 1.807) is 6.07 Å². The third-order valence-corrected chi connectivity index (χ3v) is 4.70. The van der Waals surface area contributed by atoms with Crippen molar-refractivity contribution >= 4 is 5.91 Å². The molecule has 1 saturated heterocycles. The van der Waals surface area contributed by atoms with Gasteiger partial charge in [-0.1, -0.05) is 30.3 Å². The van der Waals surface area contributed by atoms with E-state index in [1.807, 2.05) is 29.2 Å². The van der Waals surface area contributed by atoms with Crippen LogP contribution in [0, 0.1) is 11.7 Å². The van der Waals surface area contributed by atoms with E-state index in [1.165, 1.54) is 17.7 Å². The van der Waals surface area contributed by atoms with Crippen LogP contribution >= 0.6 is 0 Å². The molecule has 1 aliphatic rings. The van der Waals surface area contributed by atoms with E-state index < -0.39 is 11.6 Å². The van der Waals surface area contributed by atoms with E-state index >= 15 is 0 Å². The predicted molar refractivity (Wildman–Crippen MR) is 92.5 cm³/mol. The Morgan fingerprint density at radius 2 is 1.96 bits per heavy atom. The summed E-state index contributed by atoms with van der Waals surface area (Å²) in [5.74, 6) is -0.720. The number of likely N-dealkylation sites (tertiary alicyclic amines) is 1. The Kier molecular flexibility index (Phi) is 5.34.